The van der Waals surface area contributed by atoms with Crippen molar-refractivity contribution in [1.29, 1.82) is 5.26 Å². The monoisotopic (exact) mass is 474 g/mol. The summed E-state index contributed by atoms with van der Waals surface area (Å²) in [6.45, 7) is 8.37. The van der Waals surface area contributed by atoms with Crippen LogP contribution in [0.5, 0.6) is 0 Å². The van der Waals surface area contributed by atoms with Crippen molar-refractivity contribution in [3.05, 3.63) is 65.6 Å². The number of carbonyl (C=O) groups excluding carboxylic acids is 1. The number of thioether (sulfide) groups is 1. The number of nitriles is 1. The number of aromatic nitrogens is 4. The van der Waals surface area contributed by atoms with Gasteiger partial charge < -0.3 is 9.88 Å². The normalized spacial score (nSPS) is 14.0. The molecule has 3 aromatic rings. The molecule has 0 atom stereocenters. The topological polar surface area (TPSA) is 88.5 Å². The molecular weight excluding hydrogens is 444 g/mol. The van der Waals surface area contributed by atoms with E-state index in [9.17, 15) is 10.1 Å². The molecule has 1 amide bonds. The van der Waals surface area contributed by atoms with E-state index in [1.165, 1.54) is 31.0 Å². The lowest BCUT2D eigenvalue weighted by atomic mass is 9.89. The number of carbonyl (C=O) groups is 1. The Labute approximate surface area is 204 Å². The molecular formula is C26H30N6OS. The van der Waals surface area contributed by atoms with Crippen LogP contribution in [0.1, 0.15) is 60.7 Å². The number of rotatable bonds is 8. The third kappa shape index (κ3) is 4.80. The van der Waals surface area contributed by atoms with Crippen molar-refractivity contribution < 1.29 is 4.79 Å². The van der Waals surface area contributed by atoms with E-state index in [1.54, 1.807) is 0 Å². The number of benzene rings is 1. The van der Waals surface area contributed by atoms with Crippen molar-refractivity contribution in [2.45, 2.75) is 63.6 Å². The van der Waals surface area contributed by atoms with Crippen molar-refractivity contribution in [3.63, 3.8) is 0 Å². The van der Waals surface area contributed by atoms with Gasteiger partial charge in [0.25, 0.3) is 0 Å². The molecule has 4 rings (SSSR count). The molecule has 0 saturated heterocycles. The Morgan fingerprint density at radius 1 is 1.24 bits per heavy atom. The van der Waals surface area contributed by atoms with Crippen molar-refractivity contribution >= 4 is 23.5 Å². The van der Waals surface area contributed by atoms with Crippen molar-refractivity contribution in [2.75, 3.05) is 11.1 Å². The minimum Gasteiger partial charge on any atom is -0.310 e. The van der Waals surface area contributed by atoms with Gasteiger partial charge in [-0.2, -0.15) is 5.26 Å². The zero-order valence-electron chi connectivity index (χ0n) is 19.8. The second-order valence-electron chi connectivity index (χ2n) is 8.63. The van der Waals surface area contributed by atoms with Gasteiger partial charge in [0.1, 0.15) is 17.7 Å². The van der Waals surface area contributed by atoms with Crippen LogP contribution in [0.4, 0.5) is 5.82 Å². The van der Waals surface area contributed by atoms with Crippen LogP contribution in [-0.2, 0) is 11.3 Å². The highest BCUT2D eigenvalue weighted by Crippen LogP contribution is 2.34. The fraction of sp³-hybridized carbons (Fsp3) is 0.385. The molecule has 1 aromatic carbocycles. The lowest BCUT2D eigenvalue weighted by Crippen LogP contribution is -2.18. The molecule has 0 aliphatic heterocycles. The van der Waals surface area contributed by atoms with Gasteiger partial charge in [-0.25, -0.2) is 0 Å². The number of amides is 1. The molecule has 34 heavy (non-hydrogen) atoms. The molecule has 1 saturated carbocycles. The summed E-state index contributed by atoms with van der Waals surface area (Å²) in [6, 6.07) is 12.0. The van der Waals surface area contributed by atoms with Gasteiger partial charge in [0.2, 0.25) is 5.91 Å². The van der Waals surface area contributed by atoms with E-state index in [0.717, 1.165) is 40.8 Å². The summed E-state index contributed by atoms with van der Waals surface area (Å²) < 4.78 is 4.01. The second-order valence-corrected chi connectivity index (χ2v) is 9.57. The Bertz CT molecular complexity index is 1210. The molecule has 8 heteroatoms. The minimum absolute atomic E-state index is 0.170. The van der Waals surface area contributed by atoms with Crippen molar-refractivity contribution in [3.8, 4) is 11.8 Å². The molecule has 1 aliphatic rings. The van der Waals surface area contributed by atoms with Crippen LogP contribution in [0.25, 0.3) is 5.69 Å². The van der Waals surface area contributed by atoms with E-state index in [2.05, 4.69) is 32.7 Å². The third-order valence-electron chi connectivity index (χ3n) is 6.46. The van der Waals surface area contributed by atoms with E-state index < -0.39 is 0 Å². The third-order valence-corrected chi connectivity index (χ3v) is 7.42. The van der Waals surface area contributed by atoms with Crippen LogP contribution in [0.3, 0.4) is 0 Å². The maximum atomic E-state index is 13.0. The zero-order chi connectivity index (χ0) is 24.1. The summed E-state index contributed by atoms with van der Waals surface area (Å²) in [5, 5.41) is 22.4. The maximum absolute atomic E-state index is 13.0. The van der Waals surface area contributed by atoms with Crippen molar-refractivity contribution in [1.82, 2.24) is 19.3 Å². The SMILES string of the molecule is C=CCn1c(SCC(=O)Nc2c(C#N)c(C)c(C)n2-c2ccccc2)nnc1C1CCCCC1. The quantitative estimate of drug-likeness (QED) is 0.343. The highest BCUT2D eigenvalue weighted by Gasteiger charge is 2.24. The molecule has 0 radical (unpaired) electrons. The predicted octanol–water partition coefficient (Wildman–Crippen LogP) is 5.52. The summed E-state index contributed by atoms with van der Waals surface area (Å²) >= 11 is 1.36. The number of nitrogens with zero attached hydrogens (tertiary/aromatic N) is 5. The van der Waals surface area contributed by atoms with Gasteiger partial charge >= 0.3 is 0 Å². The predicted molar refractivity (Wildman–Crippen MR) is 135 cm³/mol. The molecule has 2 heterocycles. The molecule has 0 spiro atoms. The first kappa shape index (κ1) is 23.8. The Kier molecular flexibility index (Phi) is 7.53. The van der Waals surface area contributed by atoms with Gasteiger partial charge in [0, 0.05) is 23.8 Å². The molecule has 1 aliphatic carbocycles. The first-order valence-corrected chi connectivity index (χ1v) is 12.7. The fourth-order valence-electron chi connectivity index (χ4n) is 4.63. The van der Waals surface area contributed by atoms with Crippen LogP contribution >= 0.6 is 11.8 Å². The summed E-state index contributed by atoms with van der Waals surface area (Å²) in [7, 11) is 0. The average Bonchev–Trinajstić information content (AvgIpc) is 3.36. The summed E-state index contributed by atoms with van der Waals surface area (Å²) in [5.41, 5.74) is 3.16. The van der Waals surface area contributed by atoms with Gasteiger partial charge in [0.05, 0.1) is 11.3 Å². The molecule has 0 bridgehead atoms. The lowest BCUT2D eigenvalue weighted by molar-refractivity contribution is -0.113. The number of allylic oxidation sites excluding steroid dienone is 1. The van der Waals surface area contributed by atoms with E-state index in [1.807, 2.05) is 54.8 Å². The van der Waals surface area contributed by atoms with E-state index in [0.29, 0.717) is 23.8 Å². The molecule has 176 valence electrons. The summed E-state index contributed by atoms with van der Waals surface area (Å²) in [6.07, 6.45) is 7.83. The van der Waals surface area contributed by atoms with Crippen LogP contribution in [-0.4, -0.2) is 31.0 Å². The number of nitrogens with one attached hydrogen (secondary N) is 1. The van der Waals surface area contributed by atoms with Gasteiger partial charge in [-0.15, -0.1) is 16.8 Å². The second kappa shape index (κ2) is 10.7. The Morgan fingerprint density at radius 2 is 1.97 bits per heavy atom. The number of para-hydroxylation sites is 1. The number of hydrogen-bond donors (Lipinski definition) is 1. The van der Waals surface area contributed by atoms with E-state index in [4.69, 9.17) is 0 Å². The summed E-state index contributed by atoms with van der Waals surface area (Å²) in [4.78, 5) is 13.0. The lowest BCUT2D eigenvalue weighted by Gasteiger charge is -2.21. The molecule has 7 nitrogen and oxygen atoms in total. The Balaban J connectivity index is 1.53. The van der Waals surface area contributed by atoms with Crippen LogP contribution in [0, 0.1) is 25.2 Å². The van der Waals surface area contributed by atoms with E-state index in [-0.39, 0.29) is 11.7 Å². The standard InChI is InChI=1S/C26H30N6OS/c1-4-15-31-24(20-11-7-5-8-12-20)29-30-26(31)34-17-23(33)28-25-22(16-27)18(2)19(3)32(25)21-13-9-6-10-14-21/h4,6,9-10,13-14,20H,1,5,7-8,11-12,15,17H2,2-3H3,(H,28,33). The first-order valence-electron chi connectivity index (χ1n) is 11.7. The van der Waals surface area contributed by atoms with Crippen LogP contribution in [0.2, 0.25) is 0 Å². The Hall–Kier alpha value is -3.31. The number of hydrogen-bond acceptors (Lipinski definition) is 5. The van der Waals surface area contributed by atoms with Gasteiger partial charge in [-0.3, -0.25) is 9.36 Å². The van der Waals surface area contributed by atoms with E-state index >= 15 is 0 Å². The van der Waals surface area contributed by atoms with Crippen LogP contribution < -0.4 is 5.32 Å². The minimum atomic E-state index is -0.191. The first-order chi connectivity index (χ1) is 16.5. The zero-order valence-corrected chi connectivity index (χ0v) is 20.6. The van der Waals surface area contributed by atoms with Gasteiger partial charge in [0.15, 0.2) is 5.16 Å². The molecule has 2 aromatic heterocycles. The fourth-order valence-corrected chi connectivity index (χ4v) is 5.38. The highest BCUT2D eigenvalue weighted by molar-refractivity contribution is 7.99. The average molecular weight is 475 g/mol. The van der Waals surface area contributed by atoms with Crippen molar-refractivity contribution in [2.24, 2.45) is 0 Å². The number of anilines is 1. The van der Waals surface area contributed by atoms with Gasteiger partial charge in [-0.1, -0.05) is 55.3 Å². The molecule has 0 unspecified atom stereocenters. The Morgan fingerprint density at radius 3 is 2.65 bits per heavy atom. The molecule has 1 N–H and O–H groups in total. The van der Waals surface area contributed by atoms with Crippen LogP contribution in [0.15, 0.2) is 48.1 Å². The molecule has 1 fully saturated rings. The smallest absolute Gasteiger partial charge is 0.236 e. The largest absolute Gasteiger partial charge is 0.310 e. The summed E-state index contributed by atoms with van der Waals surface area (Å²) in [5.74, 6) is 1.90. The van der Waals surface area contributed by atoms with Gasteiger partial charge in [-0.05, 0) is 44.4 Å². The highest BCUT2D eigenvalue weighted by atomic mass is 32.2. The maximum Gasteiger partial charge on any atom is 0.236 e.